The largest absolute Gasteiger partial charge is 0.0654 e. The fourth-order valence-corrected chi connectivity index (χ4v) is 3.46. The first-order valence-electron chi connectivity index (χ1n) is 6.60. The van der Waals surface area contributed by atoms with Crippen LogP contribution in [-0.2, 0) is 0 Å². The summed E-state index contributed by atoms with van der Waals surface area (Å²) >= 11 is 0. The quantitative estimate of drug-likeness (QED) is 0.591. The number of rotatable bonds is 4. The standard InChI is InChI=1S/C14H28/c1-5-6-10-14(4)11-8-7-9-13(14)12(2)3/h12-13H,5-11H2,1-4H3. The average molecular weight is 196 g/mol. The van der Waals surface area contributed by atoms with E-state index in [0.29, 0.717) is 5.41 Å². The summed E-state index contributed by atoms with van der Waals surface area (Å²) < 4.78 is 0. The maximum absolute atomic E-state index is 2.55. The summed E-state index contributed by atoms with van der Waals surface area (Å²) in [7, 11) is 0. The van der Waals surface area contributed by atoms with Crippen LogP contribution in [0.1, 0.15) is 72.6 Å². The van der Waals surface area contributed by atoms with Gasteiger partial charge >= 0.3 is 0 Å². The van der Waals surface area contributed by atoms with Crippen molar-refractivity contribution in [3.63, 3.8) is 0 Å². The molecule has 0 aromatic heterocycles. The Hall–Kier alpha value is 0. The van der Waals surface area contributed by atoms with Gasteiger partial charge in [-0.25, -0.2) is 0 Å². The van der Waals surface area contributed by atoms with E-state index in [1.54, 1.807) is 0 Å². The molecular weight excluding hydrogens is 168 g/mol. The van der Waals surface area contributed by atoms with E-state index in [4.69, 9.17) is 0 Å². The zero-order valence-corrected chi connectivity index (χ0v) is 10.6. The third-order valence-corrected chi connectivity index (χ3v) is 4.31. The highest BCUT2D eigenvalue weighted by atomic mass is 14.4. The minimum atomic E-state index is 0.669. The molecule has 2 unspecified atom stereocenters. The van der Waals surface area contributed by atoms with Crippen LogP contribution >= 0.6 is 0 Å². The Bertz CT molecular complexity index is 159. The van der Waals surface area contributed by atoms with Crippen LogP contribution in [0.15, 0.2) is 0 Å². The van der Waals surface area contributed by atoms with Crippen LogP contribution in [0.25, 0.3) is 0 Å². The second-order valence-corrected chi connectivity index (χ2v) is 5.85. The van der Waals surface area contributed by atoms with Crippen molar-refractivity contribution in [2.75, 3.05) is 0 Å². The normalized spacial score (nSPS) is 33.6. The number of unbranched alkanes of at least 4 members (excludes halogenated alkanes) is 1. The van der Waals surface area contributed by atoms with Crippen molar-refractivity contribution in [3.8, 4) is 0 Å². The van der Waals surface area contributed by atoms with Crippen LogP contribution < -0.4 is 0 Å². The summed E-state index contributed by atoms with van der Waals surface area (Å²) in [6.07, 6.45) is 10.2. The van der Waals surface area contributed by atoms with Gasteiger partial charge in [-0.3, -0.25) is 0 Å². The van der Waals surface area contributed by atoms with E-state index < -0.39 is 0 Å². The van der Waals surface area contributed by atoms with Gasteiger partial charge in [-0.05, 0) is 36.5 Å². The van der Waals surface area contributed by atoms with Gasteiger partial charge in [-0.15, -0.1) is 0 Å². The van der Waals surface area contributed by atoms with Crippen LogP contribution in [0.2, 0.25) is 0 Å². The maximum atomic E-state index is 2.55. The first kappa shape index (κ1) is 12.1. The molecule has 1 fully saturated rings. The monoisotopic (exact) mass is 196 g/mol. The molecule has 14 heavy (non-hydrogen) atoms. The second kappa shape index (κ2) is 5.19. The minimum Gasteiger partial charge on any atom is -0.0654 e. The van der Waals surface area contributed by atoms with Gasteiger partial charge in [-0.1, -0.05) is 53.4 Å². The van der Waals surface area contributed by atoms with E-state index in [0.717, 1.165) is 11.8 Å². The highest BCUT2D eigenvalue weighted by Crippen LogP contribution is 2.47. The van der Waals surface area contributed by atoms with E-state index in [-0.39, 0.29) is 0 Å². The van der Waals surface area contributed by atoms with Gasteiger partial charge in [0.1, 0.15) is 0 Å². The third kappa shape index (κ3) is 2.74. The zero-order valence-electron chi connectivity index (χ0n) is 10.6. The van der Waals surface area contributed by atoms with Gasteiger partial charge in [0.05, 0.1) is 0 Å². The van der Waals surface area contributed by atoms with Gasteiger partial charge < -0.3 is 0 Å². The summed E-state index contributed by atoms with van der Waals surface area (Å²) in [5.41, 5.74) is 0.669. The lowest BCUT2D eigenvalue weighted by Crippen LogP contribution is -2.34. The maximum Gasteiger partial charge on any atom is -0.0295 e. The predicted octanol–water partition coefficient (Wildman–Crippen LogP) is 5.03. The van der Waals surface area contributed by atoms with Crippen molar-refractivity contribution in [1.82, 2.24) is 0 Å². The van der Waals surface area contributed by atoms with Crippen molar-refractivity contribution in [3.05, 3.63) is 0 Å². The molecule has 2 atom stereocenters. The molecule has 0 N–H and O–H groups in total. The van der Waals surface area contributed by atoms with Gasteiger partial charge in [0.2, 0.25) is 0 Å². The molecular formula is C14H28. The first-order valence-corrected chi connectivity index (χ1v) is 6.60. The summed E-state index contributed by atoms with van der Waals surface area (Å²) in [4.78, 5) is 0. The Morgan fingerprint density at radius 2 is 2.00 bits per heavy atom. The second-order valence-electron chi connectivity index (χ2n) is 5.85. The molecule has 0 bridgehead atoms. The molecule has 0 aliphatic heterocycles. The third-order valence-electron chi connectivity index (χ3n) is 4.31. The molecule has 0 aromatic carbocycles. The van der Waals surface area contributed by atoms with Crippen LogP contribution in [0.5, 0.6) is 0 Å². The molecule has 1 aliphatic carbocycles. The van der Waals surface area contributed by atoms with Crippen LogP contribution in [0.3, 0.4) is 0 Å². The fraction of sp³-hybridized carbons (Fsp3) is 1.00. The molecule has 1 saturated carbocycles. The Balaban J connectivity index is 2.59. The lowest BCUT2D eigenvalue weighted by atomic mass is 9.61. The van der Waals surface area contributed by atoms with E-state index in [1.807, 2.05) is 0 Å². The SMILES string of the molecule is CCCCC1(C)CCCCC1C(C)C. The van der Waals surface area contributed by atoms with Crippen LogP contribution in [0.4, 0.5) is 0 Å². The summed E-state index contributed by atoms with van der Waals surface area (Å²) in [6.45, 7) is 9.70. The topological polar surface area (TPSA) is 0 Å². The summed E-state index contributed by atoms with van der Waals surface area (Å²) in [5.74, 6) is 1.87. The van der Waals surface area contributed by atoms with Crippen LogP contribution in [0, 0.1) is 17.3 Å². The molecule has 0 radical (unpaired) electrons. The van der Waals surface area contributed by atoms with Crippen LogP contribution in [-0.4, -0.2) is 0 Å². The smallest absolute Gasteiger partial charge is 0.0295 e. The summed E-state index contributed by atoms with van der Waals surface area (Å²) in [5, 5.41) is 0. The van der Waals surface area contributed by atoms with Gasteiger partial charge in [0.15, 0.2) is 0 Å². The van der Waals surface area contributed by atoms with Crippen molar-refractivity contribution in [2.45, 2.75) is 72.6 Å². The van der Waals surface area contributed by atoms with Gasteiger partial charge in [0, 0.05) is 0 Å². The molecule has 0 saturated heterocycles. The highest BCUT2D eigenvalue weighted by molar-refractivity contribution is 4.87. The van der Waals surface area contributed by atoms with Crippen molar-refractivity contribution < 1.29 is 0 Å². The number of hydrogen-bond acceptors (Lipinski definition) is 0. The molecule has 1 aliphatic rings. The molecule has 0 heteroatoms. The Morgan fingerprint density at radius 3 is 2.57 bits per heavy atom. The molecule has 0 nitrogen and oxygen atoms in total. The minimum absolute atomic E-state index is 0.669. The van der Waals surface area contributed by atoms with Crippen molar-refractivity contribution >= 4 is 0 Å². The molecule has 0 heterocycles. The lowest BCUT2D eigenvalue weighted by Gasteiger charge is -2.44. The van der Waals surface area contributed by atoms with Crippen molar-refractivity contribution in [2.24, 2.45) is 17.3 Å². The Labute approximate surface area is 90.5 Å². The molecule has 1 rings (SSSR count). The molecule has 0 spiro atoms. The molecule has 84 valence electrons. The number of hydrogen-bond donors (Lipinski definition) is 0. The average Bonchev–Trinajstić information content (AvgIpc) is 2.15. The van der Waals surface area contributed by atoms with E-state index in [2.05, 4.69) is 27.7 Å². The first-order chi connectivity index (χ1) is 6.60. The fourth-order valence-electron chi connectivity index (χ4n) is 3.46. The molecule has 0 amide bonds. The van der Waals surface area contributed by atoms with Crippen molar-refractivity contribution in [1.29, 1.82) is 0 Å². The van der Waals surface area contributed by atoms with E-state index >= 15 is 0 Å². The lowest BCUT2D eigenvalue weighted by molar-refractivity contribution is 0.0648. The Kier molecular flexibility index (Phi) is 4.47. The zero-order chi connectivity index (χ0) is 10.6. The van der Waals surface area contributed by atoms with Gasteiger partial charge in [0.25, 0.3) is 0 Å². The Morgan fingerprint density at radius 1 is 1.29 bits per heavy atom. The van der Waals surface area contributed by atoms with E-state index in [1.165, 1.54) is 44.9 Å². The summed E-state index contributed by atoms with van der Waals surface area (Å²) in [6, 6.07) is 0. The molecule has 0 aromatic rings. The highest BCUT2D eigenvalue weighted by Gasteiger charge is 2.37. The predicted molar refractivity (Wildman–Crippen MR) is 64.4 cm³/mol. The van der Waals surface area contributed by atoms with Gasteiger partial charge in [-0.2, -0.15) is 0 Å². The van der Waals surface area contributed by atoms with E-state index in [9.17, 15) is 0 Å².